The van der Waals surface area contributed by atoms with Gasteiger partial charge in [0.05, 0.1) is 12.8 Å². The van der Waals surface area contributed by atoms with Gasteiger partial charge in [-0.05, 0) is 63.4 Å². The molecule has 0 bridgehead atoms. The number of hydrogen-bond acceptors (Lipinski definition) is 4. The van der Waals surface area contributed by atoms with E-state index in [4.69, 9.17) is 14.1 Å². The van der Waals surface area contributed by atoms with Gasteiger partial charge in [-0.2, -0.15) is 0 Å². The molecule has 4 nitrogen and oxygen atoms in total. The zero-order valence-electron chi connectivity index (χ0n) is 15.3. The largest absolute Gasteiger partial charge is 0.496 e. The molecule has 4 heteroatoms. The lowest BCUT2D eigenvalue weighted by atomic mass is 10.00. The van der Waals surface area contributed by atoms with Gasteiger partial charge in [-0.15, -0.1) is 0 Å². The van der Waals surface area contributed by atoms with Gasteiger partial charge in [-0.25, -0.2) is 4.98 Å². The Morgan fingerprint density at radius 2 is 2.12 bits per heavy atom. The second-order valence-corrected chi connectivity index (χ2v) is 6.73. The first kappa shape index (κ1) is 17.0. The molecule has 2 heterocycles. The zero-order valence-corrected chi connectivity index (χ0v) is 15.3. The summed E-state index contributed by atoms with van der Waals surface area (Å²) < 4.78 is 11.3. The fourth-order valence-corrected chi connectivity index (χ4v) is 3.63. The van der Waals surface area contributed by atoms with Crippen molar-refractivity contribution in [2.24, 2.45) is 0 Å². The van der Waals surface area contributed by atoms with Crippen molar-refractivity contribution < 1.29 is 9.15 Å². The summed E-state index contributed by atoms with van der Waals surface area (Å²) in [4.78, 5) is 7.36. The smallest absolute Gasteiger partial charge is 0.226 e. The molecule has 1 atom stereocenters. The topological polar surface area (TPSA) is 38.5 Å². The van der Waals surface area contributed by atoms with Crippen LogP contribution >= 0.6 is 0 Å². The first-order chi connectivity index (χ1) is 11.6. The third-order valence-electron chi connectivity index (χ3n) is 5.11. The number of aryl methyl sites for hydroxylation is 2. The zero-order chi connectivity index (χ0) is 17.1. The van der Waals surface area contributed by atoms with Crippen molar-refractivity contribution in [1.29, 1.82) is 0 Å². The molecule has 130 valence electrons. The number of piperidine rings is 1. The molecular formula is C20H28N2O2. The highest BCUT2D eigenvalue weighted by Gasteiger charge is 2.23. The van der Waals surface area contributed by atoms with Crippen molar-refractivity contribution in [2.45, 2.75) is 59.0 Å². The van der Waals surface area contributed by atoms with Crippen LogP contribution in [0.15, 0.2) is 22.6 Å². The highest BCUT2D eigenvalue weighted by molar-refractivity contribution is 5.57. The van der Waals surface area contributed by atoms with Gasteiger partial charge in [0.2, 0.25) is 5.89 Å². The predicted octanol–water partition coefficient (Wildman–Crippen LogP) is 4.73. The molecule has 1 aromatic heterocycles. The standard InChI is InChI=1S/C20H28N2O2/c1-5-17-8-6-7-11-22(17)13-18-15(3)24-20(21-18)16-9-10-19(23-4)14(2)12-16/h9-10,12,17H,5-8,11,13H2,1-4H3. The minimum atomic E-state index is 0.682. The van der Waals surface area contributed by atoms with Crippen LogP contribution in [0.3, 0.4) is 0 Å². The number of rotatable bonds is 5. The summed E-state index contributed by atoms with van der Waals surface area (Å²) in [7, 11) is 1.69. The number of aromatic nitrogens is 1. The maximum atomic E-state index is 5.96. The molecule has 0 N–H and O–H groups in total. The van der Waals surface area contributed by atoms with Crippen LogP contribution in [-0.2, 0) is 6.54 Å². The molecule has 1 aromatic carbocycles. The van der Waals surface area contributed by atoms with Gasteiger partial charge in [-0.3, -0.25) is 4.90 Å². The first-order valence-corrected chi connectivity index (χ1v) is 8.97. The van der Waals surface area contributed by atoms with E-state index in [2.05, 4.69) is 17.9 Å². The number of benzene rings is 1. The lowest BCUT2D eigenvalue weighted by Gasteiger charge is -2.34. The number of ether oxygens (including phenoxy) is 1. The fourth-order valence-electron chi connectivity index (χ4n) is 3.63. The normalized spacial score (nSPS) is 18.8. The Morgan fingerprint density at radius 3 is 2.83 bits per heavy atom. The summed E-state index contributed by atoms with van der Waals surface area (Å²) >= 11 is 0. The number of nitrogens with zero attached hydrogens (tertiary/aromatic N) is 2. The van der Waals surface area contributed by atoms with Crippen molar-refractivity contribution in [3.05, 3.63) is 35.2 Å². The van der Waals surface area contributed by atoms with E-state index in [9.17, 15) is 0 Å². The van der Waals surface area contributed by atoms with Crippen LogP contribution in [0.1, 0.15) is 49.6 Å². The first-order valence-electron chi connectivity index (χ1n) is 8.97. The minimum Gasteiger partial charge on any atom is -0.496 e. The Kier molecular flexibility index (Phi) is 5.24. The molecule has 1 saturated heterocycles. The predicted molar refractivity (Wildman–Crippen MR) is 96.3 cm³/mol. The van der Waals surface area contributed by atoms with Gasteiger partial charge in [-0.1, -0.05) is 13.3 Å². The van der Waals surface area contributed by atoms with Crippen LogP contribution in [0.2, 0.25) is 0 Å². The number of likely N-dealkylation sites (tertiary alicyclic amines) is 1. The van der Waals surface area contributed by atoms with E-state index in [-0.39, 0.29) is 0 Å². The molecule has 1 aliphatic rings. The summed E-state index contributed by atoms with van der Waals surface area (Å²) in [6, 6.07) is 6.74. The van der Waals surface area contributed by atoms with Gasteiger partial charge in [0, 0.05) is 18.2 Å². The highest BCUT2D eigenvalue weighted by atomic mass is 16.5. The van der Waals surface area contributed by atoms with Crippen molar-refractivity contribution in [3.8, 4) is 17.2 Å². The fraction of sp³-hybridized carbons (Fsp3) is 0.550. The van der Waals surface area contributed by atoms with Crippen molar-refractivity contribution in [3.63, 3.8) is 0 Å². The van der Waals surface area contributed by atoms with Gasteiger partial charge in [0.1, 0.15) is 11.5 Å². The molecule has 2 aromatic rings. The van der Waals surface area contributed by atoms with E-state index < -0.39 is 0 Å². The maximum absolute atomic E-state index is 5.96. The minimum absolute atomic E-state index is 0.682. The van der Waals surface area contributed by atoms with Crippen molar-refractivity contribution in [1.82, 2.24) is 9.88 Å². The summed E-state index contributed by atoms with van der Waals surface area (Å²) in [5.74, 6) is 2.53. The SMILES string of the molecule is CCC1CCCCN1Cc1nc(-c2ccc(OC)c(C)c2)oc1C. The number of hydrogen-bond donors (Lipinski definition) is 0. The molecule has 24 heavy (non-hydrogen) atoms. The van der Waals surface area contributed by atoms with Crippen LogP contribution in [0.25, 0.3) is 11.5 Å². The maximum Gasteiger partial charge on any atom is 0.226 e. The van der Waals surface area contributed by atoms with E-state index in [1.807, 2.05) is 26.0 Å². The van der Waals surface area contributed by atoms with Gasteiger partial charge in [0.15, 0.2) is 0 Å². The van der Waals surface area contributed by atoms with Crippen molar-refractivity contribution in [2.75, 3.05) is 13.7 Å². The van der Waals surface area contributed by atoms with Crippen LogP contribution in [0, 0.1) is 13.8 Å². The molecule has 0 radical (unpaired) electrons. The third-order valence-corrected chi connectivity index (χ3v) is 5.11. The monoisotopic (exact) mass is 328 g/mol. The molecule has 0 spiro atoms. The average molecular weight is 328 g/mol. The average Bonchev–Trinajstić information content (AvgIpc) is 2.96. The Morgan fingerprint density at radius 1 is 1.29 bits per heavy atom. The molecule has 0 aliphatic carbocycles. The second kappa shape index (κ2) is 7.39. The van der Waals surface area contributed by atoms with E-state index in [1.54, 1.807) is 7.11 Å². The van der Waals surface area contributed by atoms with Gasteiger partial charge < -0.3 is 9.15 Å². The van der Waals surface area contributed by atoms with E-state index in [0.717, 1.165) is 34.9 Å². The second-order valence-electron chi connectivity index (χ2n) is 6.73. The Balaban J connectivity index is 1.81. The molecule has 0 amide bonds. The van der Waals surface area contributed by atoms with Crippen LogP contribution < -0.4 is 4.74 Å². The third kappa shape index (κ3) is 3.48. The Labute approximate surface area is 144 Å². The summed E-state index contributed by atoms with van der Waals surface area (Å²) in [5, 5.41) is 0. The van der Waals surface area contributed by atoms with Gasteiger partial charge >= 0.3 is 0 Å². The Bertz CT molecular complexity index is 693. The van der Waals surface area contributed by atoms with E-state index in [1.165, 1.54) is 32.2 Å². The van der Waals surface area contributed by atoms with Crippen LogP contribution in [0.5, 0.6) is 5.75 Å². The lowest BCUT2D eigenvalue weighted by molar-refractivity contribution is 0.134. The molecule has 3 rings (SSSR count). The summed E-state index contributed by atoms with van der Waals surface area (Å²) in [5.41, 5.74) is 3.17. The van der Waals surface area contributed by atoms with E-state index >= 15 is 0 Å². The van der Waals surface area contributed by atoms with Crippen LogP contribution in [-0.4, -0.2) is 29.6 Å². The van der Waals surface area contributed by atoms with Crippen molar-refractivity contribution >= 4 is 0 Å². The summed E-state index contributed by atoms with van der Waals surface area (Å²) in [6.45, 7) is 8.40. The molecular weight excluding hydrogens is 300 g/mol. The summed E-state index contributed by atoms with van der Waals surface area (Å²) in [6.07, 6.45) is 5.15. The lowest BCUT2D eigenvalue weighted by Crippen LogP contribution is -2.38. The highest BCUT2D eigenvalue weighted by Crippen LogP contribution is 2.28. The van der Waals surface area contributed by atoms with E-state index in [0.29, 0.717) is 11.9 Å². The number of methoxy groups -OCH3 is 1. The number of oxazole rings is 1. The quantitative estimate of drug-likeness (QED) is 0.795. The molecule has 0 saturated carbocycles. The Hall–Kier alpha value is -1.81. The van der Waals surface area contributed by atoms with Crippen LogP contribution in [0.4, 0.5) is 0 Å². The van der Waals surface area contributed by atoms with Gasteiger partial charge in [0.25, 0.3) is 0 Å². The molecule has 1 fully saturated rings. The molecule has 1 unspecified atom stereocenters. The molecule has 1 aliphatic heterocycles.